The first kappa shape index (κ1) is 11.7. The highest BCUT2D eigenvalue weighted by atomic mass is 32.1. The van der Waals surface area contributed by atoms with E-state index in [0.717, 1.165) is 4.88 Å². The van der Waals surface area contributed by atoms with Crippen molar-refractivity contribution in [1.29, 1.82) is 0 Å². The molecule has 0 fully saturated rings. The molecule has 0 N–H and O–H groups in total. The fourth-order valence-corrected chi connectivity index (χ4v) is 2.03. The number of esters is 2. The second kappa shape index (κ2) is 4.93. The van der Waals surface area contributed by atoms with Crippen molar-refractivity contribution < 1.29 is 19.1 Å². The van der Waals surface area contributed by atoms with Crippen LogP contribution in [0.2, 0.25) is 0 Å². The van der Waals surface area contributed by atoms with Crippen LogP contribution in [0.4, 0.5) is 0 Å². The molecule has 0 radical (unpaired) electrons. The number of rotatable bonds is 3. The molecule has 82 valence electrons. The van der Waals surface area contributed by atoms with Crippen molar-refractivity contribution in [3.05, 3.63) is 15.8 Å². The van der Waals surface area contributed by atoms with Gasteiger partial charge in [-0.2, -0.15) is 0 Å². The Morgan fingerprint density at radius 1 is 1.47 bits per heavy atom. The molecule has 1 aromatic rings. The minimum absolute atomic E-state index is 0.314. The van der Waals surface area contributed by atoms with Crippen LogP contribution in [0.25, 0.3) is 0 Å². The average Bonchev–Trinajstić information content (AvgIpc) is 2.59. The summed E-state index contributed by atoms with van der Waals surface area (Å²) in [7, 11) is 1.29. The molecule has 1 rings (SSSR count). The van der Waals surface area contributed by atoms with Gasteiger partial charge in [0.25, 0.3) is 0 Å². The summed E-state index contributed by atoms with van der Waals surface area (Å²) in [5.74, 6) is -0.586. The van der Waals surface area contributed by atoms with E-state index in [1.165, 1.54) is 25.4 Å². The van der Waals surface area contributed by atoms with Crippen LogP contribution in [-0.4, -0.2) is 19.0 Å². The zero-order chi connectivity index (χ0) is 11.4. The predicted octanol–water partition coefficient (Wildman–Crippen LogP) is 2.02. The van der Waals surface area contributed by atoms with E-state index >= 15 is 0 Å². The standard InChI is InChI=1S/C10H12O4S/c1-4-8-9(14-6(2)11)7(5-15-8)10(12)13-3/h5H,4H2,1-3H3. The van der Waals surface area contributed by atoms with E-state index in [-0.39, 0.29) is 0 Å². The molecule has 0 unspecified atom stereocenters. The molecule has 0 aliphatic heterocycles. The van der Waals surface area contributed by atoms with Crippen molar-refractivity contribution in [2.24, 2.45) is 0 Å². The van der Waals surface area contributed by atoms with E-state index < -0.39 is 11.9 Å². The summed E-state index contributed by atoms with van der Waals surface area (Å²) in [5, 5.41) is 1.64. The van der Waals surface area contributed by atoms with Crippen molar-refractivity contribution in [2.45, 2.75) is 20.3 Å². The van der Waals surface area contributed by atoms with E-state index in [0.29, 0.717) is 17.7 Å². The molecule has 15 heavy (non-hydrogen) atoms. The lowest BCUT2D eigenvalue weighted by atomic mass is 10.2. The summed E-state index contributed by atoms with van der Waals surface area (Å²) in [6.45, 7) is 3.23. The van der Waals surface area contributed by atoms with Crippen LogP contribution < -0.4 is 4.74 Å². The Bertz CT molecular complexity index is 381. The fraction of sp³-hybridized carbons (Fsp3) is 0.400. The minimum atomic E-state index is -0.484. The topological polar surface area (TPSA) is 52.6 Å². The summed E-state index contributed by atoms with van der Waals surface area (Å²) in [5.41, 5.74) is 0.314. The van der Waals surface area contributed by atoms with Gasteiger partial charge in [0.05, 0.1) is 7.11 Å². The number of methoxy groups -OCH3 is 1. The molecule has 1 aromatic heterocycles. The summed E-state index contributed by atoms with van der Waals surface area (Å²) < 4.78 is 9.59. The molecule has 0 saturated carbocycles. The van der Waals surface area contributed by atoms with Crippen LogP contribution in [-0.2, 0) is 16.0 Å². The van der Waals surface area contributed by atoms with Crippen LogP contribution in [0.1, 0.15) is 29.1 Å². The number of aryl methyl sites for hydroxylation is 1. The van der Waals surface area contributed by atoms with E-state index in [1.807, 2.05) is 6.92 Å². The Morgan fingerprint density at radius 3 is 2.60 bits per heavy atom. The first-order chi connectivity index (χ1) is 7.10. The molecule has 1 heterocycles. The van der Waals surface area contributed by atoms with Crippen LogP contribution in [0.3, 0.4) is 0 Å². The fourth-order valence-electron chi connectivity index (χ4n) is 1.14. The van der Waals surface area contributed by atoms with Gasteiger partial charge in [-0.25, -0.2) is 4.79 Å². The molecule has 5 heteroatoms. The Hall–Kier alpha value is -1.36. The molecule has 0 saturated heterocycles. The van der Waals surface area contributed by atoms with E-state index in [1.54, 1.807) is 5.38 Å². The SMILES string of the molecule is CCc1scc(C(=O)OC)c1OC(C)=O. The lowest BCUT2D eigenvalue weighted by Crippen LogP contribution is -2.08. The molecule has 0 aliphatic rings. The maximum atomic E-state index is 11.3. The predicted molar refractivity (Wildman–Crippen MR) is 56.3 cm³/mol. The van der Waals surface area contributed by atoms with Gasteiger partial charge in [0.2, 0.25) is 0 Å². The van der Waals surface area contributed by atoms with Gasteiger partial charge in [-0.05, 0) is 6.42 Å². The van der Waals surface area contributed by atoms with Gasteiger partial charge in [-0.15, -0.1) is 11.3 Å². The van der Waals surface area contributed by atoms with Crippen LogP contribution in [0.15, 0.2) is 5.38 Å². The second-order valence-corrected chi connectivity index (χ2v) is 3.80. The molecular weight excluding hydrogens is 216 g/mol. The van der Waals surface area contributed by atoms with Crippen molar-refractivity contribution in [3.8, 4) is 5.75 Å². The summed E-state index contributed by atoms with van der Waals surface area (Å²) in [4.78, 5) is 23.1. The third kappa shape index (κ3) is 2.56. The number of hydrogen-bond acceptors (Lipinski definition) is 5. The van der Waals surface area contributed by atoms with Crippen LogP contribution in [0.5, 0.6) is 5.75 Å². The zero-order valence-electron chi connectivity index (χ0n) is 8.83. The molecule has 0 atom stereocenters. The van der Waals surface area contributed by atoms with Gasteiger partial charge in [-0.3, -0.25) is 4.79 Å². The van der Waals surface area contributed by atoms with Gasteiger partial charge in [-0.1, -0.05) is 6.92 Å². The monoisotopic (exact) mass is 228 g/mol. The van der Waals surface area contributed by atoms with Crippen molar-refractivity contribution in [1.82, 2.24) is 0 Å². The summed E-state index contributed by atoms with van der Waals surface area (Å²) in [6, 6.07) is 0. The van der Waals surface area contributed by atoms with Gasteiger partial charge in [0.1, 0.15) is 5.56 Å². The maximum Gasteiger partial charge on any atom is 0.342 e. The lowest BCUT2D eigenvalue weighted by Gasteiger charge is -2.04. The first-order valence-electron chi connectivity index (χ1n) is 4.47. The van der Waals surface area contributed by atoms with E-state index in [2.05, 4.69) is 4.74 Å². The largest absolute Gasteiger partial charge is 0.465 e. The van der Waals surface area contributed by atoms with Gasteiger partial charge >= 0.3 is 11.9 Å². The van der Waals surface area contributed by atoms with Gasteiger partial charge in [0, 0.05) is 17.2 Å². The van der Waals surface area contributed by atoms with Crippen LogP contribution >= 0.6 is 11.3 Å². The van der Waals surface area contributed by atoms with E-state index in [9.17, 15) is 9.59 Å². The van der Waals surface area contributed by atoms with Gasteiger partial charge < -0.3 is 9.47 Å². The molecular formula is C10H12O4S. The Morgan fingerprint density at radius 2 is 2.13 bits per heavy atom. The molecule has 4 nitrogen and oxygen atoms in total. The molecule has 0 aliphatic carbocycles. The number of carbonyl (C=O) groups is 2. The Kier molecular flexibility index (Phi) is 3.85. The number of carbonyl (C=O) groups excluding carboxylic acids is 2. The molecule has 0 bridgehead atoms. The zero-order valence-corrected chi connectivity index (χ0v) is 9.64. The third-order valence-corrected chi connectivity index (χ3v) is 2.90. The quantitative estimate of drug-likeness (QED) is 0.743. The summed E-state index contributed by atoms with van der Waals surface area (Å²) in [6.07, 6.45) is 0.713. The number of ether oxygens (including phenoxy) is 2. The number of hydrogen-bond donors (Lipinski definition) is 0. The Balaban J connectivity index is 3.10. The highest BCUT2D eigenvalue weighted by molar-refractivity contribution is 7.10. The van der Waals surface area contributed by atoms with E-state index in [4.69, 9.17) is 4.74 Å². The highest BCUT2D eigenvalue weighted by Gasteiger charge is 2.20. The average molecular weight is 228 g/mol. The molecule has 0 amide bonds. The lowest BCUT2D eigenvalue weighted by molar-refractivity contribution is -0.131. The third-order valence-electron chi connectivity index (χ3n) is 1.79. The van der Waals surface area contributed by atoms with Crippen molar-refractivity contribution >= 4 is 23.3 Å². The normalized spacial score (nSPS) is 9.80. The molecule has 0 spiro atoms. The van der Waals surface area contributed by atoms with Crippen molar-refractivity contribution in [3.63, 3.8) is 0 Å². The maximum absolute atomic E-state index is 11.3. The molecule has 0 aromatic carbocycles. The van der Waals surface area contributed by atoms with Crippen molar-refractivity contribution in [2.75, 3.05) is 7.11 Å². The van der Waals surface area contributed by atoms with Crippen LogP contribution in [0, 0.1) is 0 Å². The smallest absolute Gasteiger partial charge is 0.342 e. The number of thiophene rings is 1. The van der Waals surface area contributed by atoms with Gasteiger partial charge in [0.15, 0.2) is 5.75 Å². The first-order valence-corrected chi connectivity index (χ1v) is 5.35. The second-order valence-electron chi connectivity index (χ2n) is 2.84. The minimum Gasteiger partial charge on any atom is -0.465 e. The highest BCUT2D eigenvalue weighted by Crippen LogP contribution is 2.31. The summed E-state index contributed by atoms with van der Waals surface area (Å²) >= 11 is 1.38. The Labute approximate surface area is 91.8 Å².